The number of carboxylic acid groups (broad SMARTS) is 1. The largest absolute Gasteiger partial charge is 0.478 e. The summed E-state index contributed by atoms with van der Waals surface area (Å²) in [6.45, 7) is 1.80. The molecule has 0 heterocycles. The molecule has 0 fully saturated rings. The number of carboxylic acids is 1. The minimum atomic E-state index is -1.26. The van der Waals surface area contributed by atoms with Crippen LogP contribution in [0.3, 0.4) is 0 Å². The summed E-state index contributed by atoms with van der Waals surface area (Å²) in [5.74, 6) is -2.59. The highest BCUT2D eigenvalue weighted by molar-refractivity contribution is 5.95. The molecule has 6 nitrogen and oxygen atoms in total. The highest BCUT2D eigenvalue weighted by atomic mass is 19.1. The normalized spacial score (nSPS) is 10.1. The maximum Gasteiger partial charge on any atom is 0.337 e. The van der Waals surface area contributed by atoms with E-state index in [2.05, 4.69) is 0 Å². The summed E-state index contributed by atoms with van der Waals surface area (Å²) in [7, 11) is 0. The maximum absolute atomic E-state index is 13.7. The molecule has 1 amide bonds. The van der Waals surface area contributed by atoms with Crippen LogP contribution in [-0.2, 0) is 4.79 Å². The monoisotopic (exact) mass is 255 g/mol. The fourth-order valence-electron chi connectivity index (χ4n) is 1.56. The molecule has 1 aromatic rings. The van der Waals surface area contributed by atoms with Crippen LogP contribution in [0.25, 0.3) is 0 Å². The number of amides is 1. The van der Waals surface area contributed by atoms with Crippen LogP contribution < -0.4 is 16.4 Å². The quantitative estimate of drug-likeness (QED) is 0.660. The molecular formula is C11H14FN3O3. The smallest absolute Gasteiger partial charge is 0.337 e. The molecule has 98 valence electrons. The van der Waals surface area contributed by atoms with Gasteiger partial charge in [0.1, 0.15) is 5.82 Å². The zero-order valence-corrected chi connectivity index (χ0v) is 9.81. The number of halogens is 1. The van der Waals surface area contributed by atoms with Crippen molar-refractivity contribution in [2.75, 3.05) is 23.7 Å². The fraction of sp³-hybridized carbons (Fsp3) is 0.273. The first kappa shape index (κ1) is 13.8. The zero-order valence-electron chi connectivity index (χ0n) is 9.81. The van der Waals surface area contributed by atoms with Crippen LogP contribution in [0.4, 0.5) is 15.8 Å². The van der Waals surface area contributed by atoms with E-state index in [1.807, 2.05) is 0 Å². The third-order valence-electron chi connectivity index (χ3n) is 2.42. The lowest BCUT2D eigenvalue weighted by Gasteiger charge is -2.22. The average molecular weight is 255 g/mol. The summed E-state index contributed by atoms with van der Waals surface area (Å²) >= 11 is 0. The van der Waals surface area contributed by atoms with Crippen molar-refractivity contribution >= 4 is 23.3 Å². The molecule has 0 spiro atoms. The minimum Gasteiger partial charge on any atom is -0.478 e. The number of carbonyl (C=O) groups excluding carboxylic acids is 1. The lowest BCUT2D eigenvalue weighted by molar-refractivity contribution is -0.116. The average Bonchev–Trinajstić information content (AvgIpc) is 2.25. The number of primary amides is 1. The van der Waals surface area contributed by atoms with E-state index in [9.17, 15) is 14.0 Å². The van der Waals surface area contributed by atoms with Crippen molar-refractivity contribution in [3.63, 3.8) is 0 Å². The molecule has 1 aromatic carbocycles. The van der Waals surface area contributed by atoms with Crippen LogP contribution in [0.15, 0.2) is 12.1 Å². The van der Waals surface area contributed by atoms with E-state index < -0.39 is 17.7 Å². The summed E-state index contributed by atoms with van der Waals surface area (Å²) in [6, 6.07) is 2.02. The number of aromatic carboxylic acids is 1. The van der Waals surface area contributed by atoms with Crippen LogP contribution in [0, 0.1) is 5.82 Å². The van der Waals surface area contributed by atoms with E-state index in [4.69, 9.17) is 16.6 Å². The Morgan fingerprint density at radius 3 is 2.50 bits per heavy atom. The second kappa shape index (κ2) is 5.35. The summed E-state index contributed by atoms with van der Waals surface area (Å²) in [5.41, 5.74) is 10.1. The van der Waals surface area contributed by atoms with Crippen LogP contribution >= 0.6 is 0 Å². The predicted octanol–water partition coefficient (Wildman–Crippen LogP) is 0.418. The van der Waals surface area contributed by atoms with Crippen LogP contribution in [-0.4, -0.2) is 30.1 Å². The van der Waals surface area contributed by atoms with E-state index in [1.165, 1.54) is 4.90 Å². The Kier molecular flexibility index (Phi) is 4.09. The van der Waals surface area contributed by atoms with Gasteiger partial charge in [-0.15, -0.1) is 0 Å². The third kappa shape index (κ3) is 2.88. The number of nitrogens with zero attached hydrogens (tertiary/aromatic N) is 1. The van der Waals surface area contributed by atoms with E-state index >= 15 is 0 Å². The number of likely N-dealkylation sites (N-methyl/N-ethyl adjacent to an activating group) is 1. The van der Waals surface area contributed by atoms with Gasteiger partial charge >= 0.3 is 5.97 Å². The van der Waals surface area contributed by atoms with Gasteiger partial charge in [0.2, 0.25) is 5.91 Å². The number of hydrogen-bond donors (Lipinski definition) is 3. The number of anilines is 2. The number of benzene rings is 1. The zero-order chi connectivity index (χ0) is 13.9. The molecule has 0 radical (unpaired) electrons. The third-order valence-corrected chi connectivity index (χ3v) is 2.42. The Morgan fingerprint density at radius 2 is 2.06 bits per heavy atom. The second-order valence-corrected chi connectivity index (χ2v) is 3.68. The molecule has 0 unspecified atom stereocenters. The molecule has 0 aromatic heterocycles. The first-order chi connectivity index (χ1) is 8.36. The van der Waals surface area contributed by atoms with Crippen LogP contribution in [0.1, 0.15) is 17.3 Å². The first-order valence-corrected chi connectivity index (χ1v) is 5.22. The van der Waals surface area contributed by atoms with Gasteiger partial charge in [-0.1, -0.05) is 0 Å². The van der Waals surface area contributed by atoms with Crippen molar-refractivity contribution < 1.29 is 19.1 Å². The van der Waals surface area contributed by atoms with Gasteiger partial charge in [-0.3, -0.25) is 4.79 Å². The number of carbonyl (C=O) groups is 2. The van der Waals surface area contributed by atoms with Gasteiger partial charge in [0.05, 0.1) is 17.8 Å². The summed E-state index contributed by atoms with van der Waals surface area (Å²) in [6.07, 6.45) is 0. The molecule has 1 rings (SSSR count). The van der Waals surface area contributed by atoms with Crippen molar-refractivity contribution in [1.29, 1.82) is 0 Å². The Morgan fingerprint density at radius 1 is 1.44 bits per heavy atom. The van der Waals surface area contributed by atoms with Crippen LogP contribution in [0.2, 0.25) is 0 Å². The summed E-state index contributed by atoms with van der Waals surface area (Å²) < 4.78 is 13.7. The standard InChI is InChI=1S/C11H14FN3O3/c1-2-15(5-10(14)16)9-3-6(11(17)18)8(13)4-7(9)12/h3-4H,2,5,13H2,1H3,(H2,14,16)(H,17,18). The van der Waals surface area contributed by atoms with E-state index in [-0.39, 0.29) is 23.5 Å². The van der Waals surface area contributed by atoms with Gasteiger partial charge in [0, 0.05) is 12.2 Å². The number of rotatable bonds is 5. The molecule has 18 heavy (non-hydrogen) atoms. The Balaban J connectivity index is 3.25. The van der Waals surface area contributed by atoms with Crippen LogP contribution in [0.5, 0.6) is 0 Å². The Hall–Kier alpha value is -2.31. The highest BCUT2D eigenvalue weighted by Gasteiger charge is 2.17. The maximum atomic E-state index is 13.7. The van der Waals surface area contributed by atoms with E-state index in [1.54, 1.807) is 6.92 Å². The number of nitrogen functional groups attached to an aromatic ring is 1. The minimum absolute atomic E-state index is 0.0112. The molecule has 0 aliphatic heterocycles. The highest BCUT2D eigenvalue weighted by Crippen LogP contribution is 2.25. The Labute approximate surface area is 103 Å². The van der Waals surface area contributed by atoms with E-state index in [0.717, 1.165) is 12.1 Å². The summed E-state index contributed by atoms with van der Waals surface area (Å²) in [5, 5.41) is 8.90. The van der Waals surface area contributed by atoms with Gasteiger partial charge in [-0.05, 0) is 19.1 Å². The first-order valence-electron chi connectivity index (χ1n) is 5.22. The lowest BCUT2D eigenvalue weighted by atomic mass is 10.1. The molecule has 0 bridgehead atoms. The molecule has 7 heteroatoms. The van der Waals surface area contributed by atoms with Crippen molar-refractivity contribution in [2.45, 2.75) is 6.92 Å². The molecule has 0 saturated heterocycles. The predicted molar refractivity (Wildman–Crippen MR) is 64.9 cm³/mol. The molecule has 0 atom stereocenters. The summed E-state index contributed by atoms with van der Waals surface area (Å²) in [4.78, 5) is 23.1. The molecule has 0 saturated carbocycles. The van der Waals surface area contributed by atoms with Gasteiger partial charge in [0.25, 0.3) is 0 Å². The van der Waals surface area contributed by atoms with Crippen molar-refractivity contribution in [1.82, 2.24) is 0 Å². The van der Waals surface area contributed by atoms with Crippen molar-refractivity contribution in [2.24, 2.45) is 5.73 Å². The molecule has 0 aliphatic rings. The fourth-order valence-corrected chi connectivity index (χ4v) is 1.56. The SMILES string of the molecule is CCN(CC(N)=O)c1cc(C(=O)O)c(N)cc1F. The van der Waals surface area contributed by atoms with Gasteiger partial charge in [-0.25, -0.2) is 9.18 Å². The molecular weight excluding hydrogens is 241 g/mol. The topological polar surface area (TPSA) is 110 Å². The second-order valence-electron chi connectivity index (χ2n) is 3.68. The van der Waals surface area contributed by atoms with Gasteiger partial charge < -0.3 is 21.5 Å². The van der Waals surface area contributed by atoms with Crippen molar-refractivity contribution in [3.8, 4) is 0 Å². The Bertz CT molecular complexity index is 491. The number of nitrogens with two attached hydrogens (primary N) is 2. The number of hydrogen-bond acceptors (Lipinski definition) is 4. The lowest BCUT2D eigenvalue weighted by Crippen LogP contribution is -2.34. The van der Waals surface area contributed by atoms with Crippen molar-refractivity contribution in [3.05, 3.63) is 23.5 Å². The molecule has 5 N–H and O–H groups in total. The van der Waals surface area contributed by atoms with E-state index in [0.29, 0.717) is 6.54 Å². The molecule has 0 aliphatic carbocycles. The van der Waals surface area contributed by atoms with Gasteiger partial charge in [0.15, 0.2) is 0 Å². The van der Waals surface area contributed by atoms with Gasteiger partial charge in [-0.2, -0.15) is 0 Å².